The molecule has 3 aliphatic rings. The van der Waals surface area contributed by atoms with Crippen LogP contribution in [0.1, 0.15) is 55.0 Å². The first kappa shape index (κ1) is 20.3. The minimum atomic E-state index is -0.0798. The number of aryl methyl sites for hydroxylation is 2. The third-order valence-corrected chi connectivity index (χ3v) is 7.09. The van der Waals surface area contributed by atoms with E-state index in [1.165, 1.54) is 5.56 Å². The number of oxazole rings is 1. The van der Waals surface area contributed by atoms with E-state index in [1.54, 1.807) is 0 Å². The van der Waals surface area contributed by atoms with Gasteiger partial charge in [-0.25, -0.2) is 4.98 Å². The summed E-state index contributed by atoms with van der Waals surface area (Å²) in [5, 5.41) is 0. The highest BCUT2D eigenvalue weighted by Crippen LogP contribution is 2.31. The maximum absolute atomic E-state index is 13.2. The summed E-state index contributed by atoms with van der Waals surface area (Å²) < 4.78 is 5.99. The van der Waals surface area contributed by atoms with Crippen LogP contribution in [0.4, 0.5) is 0 Å². The summed E-state index contributed by atoms with van der Waals surface area (Å²) in [5.74, 6) is 2.25. The molecule has 1 saturated heterocycles. The SMILES string of the molecule is O=C(C1CCCN(C(=O)C2CCC2)C1)N1CCc2oc(CCc3ccccc3)nc2C1. The van der Waals surface area contributed by atoms with Gasteiger partial charge in [-0.1, -0.05) is 36.8 Å². The number of nitrogens with zero attached hydrogens (tertiary/aromatic N) is 3. The molecule has 0 N–H and O–H groups in total. The topological polar surface area (TPSA) is 66.7 Å². The molecule has 31 heavy (non-hydrogen) atoms. The molecule has 1 unspecified atom stereocenters. The number of carbonyl (C=O) groups is 2. The van der Waals surface area contributed by atoms with E-state index in [1.807, 2.05) is 28.0 Å². The Hall–Kier alpha value is -2.63. The number of rotatable bonds is 5. The Bertz CT molecular complexity index is 935. The van der Waals surface area contributed by atoms with Crippen LogP contribution < -0.4 is 0 Å². The van der Waals surface area contributed by atoms with Crippen LogP contribution in [-0.2, 0) is 35.4 Å². The van der Waals surface area contributed by atoms with Crippen molar-refractivity contribution in [1.82, 2.24) is 14.8 Å². The summed E-state index contributed by atoms with van der Waals surface area (Å²) in [6.07, 6.45) is 7.37. The Kier molecular flexibility index (Phi) is 5.79. The van der Waals surface area contributed by atoms with Crippen LogP contribution in [0.3, 0.4) is 0 Å². The molecule has 0 bridgehead atoms. The van der Waals surface area contributed by atoms with Gasteiger partial charge >= 0.3 is 0 Å². The minimum Gasteiger partial charge on any atom is -0.445 e. The van der Waals surface area contributed by atoms with Gasteiger partial charge in [0.2, 0.25) is 11.8 Å². The molecule has 5 rings (SSSR count). The van der Waals surface area contributed by atoms with Gasteiger partial charge in [-0.05, 0) is 37.7 Å². The molecule has 1 atom stereocenters. The summed E-state index contributed by atoms with van der Waals surface area (Å²) in [7, 11) is 0. The van der Waals surface area contributed by atoms with Gasteiger partial charge in [0.25, 0.3) is 0 Å². The van der Waals surface area contributed by atoms with Crippen molar-refractivity contribution in [2.45, 2.75) is 57.9 Å². The number of carbonyl (C=O) groups excluding carboxylic acids is 2. The highest BCUT2D eigenvalue weighted by molar-refractivity contribution is 5.83. The molecule has 1 aliphatic carbocycles. The molecule has 2 aromatic rings. The Morgan fingerprint density at radius 2 is 1.71 bits per heavy atom. The zero-order valence-corrected chi connectivity index (χ0v) is 18.1. The molecule has 1 saturated carbocycles. The van der Waals surface area contributed by atoms with Crippen molar-refractivity contribution in [3.8, 4) is 0 Å². The number of hydrogen-bond donors (Lipinski definition) is 0. The summed E-state index contributed by atoms with van der Waals surface area (Å²) in [6, 6.07) is 10.4. The molecule has 0 spiro atoms. The lowest BCUT2D eigenvalue weighted by Gasteiger charge is -2.38. The number of piperidine rings is 1. The highest BCUT2D eigenvalue weighted by atomic mass is 16.4. The number of fused-ring (bicyclic) bond motifs is 1. The standard InChI is InChI=1S/C25H31N3O3/c29-24(19-8-4-9-19)27-14-5-10-20(16-27)25(30)28-15-13-22-21(17-28)26-23(31-22)12-11-18-6-2-1-3-7-18/h1-3,6-7,19-20H,4-5,8-17H2. The van der Waals surface area contributed by atoms with E-state index < -0.39 is 0 Å². The normalized spacial score (nSPS) is 21.5. The van der Waals surface area contributed by atoms with Crippen LogP contribution in [-0.4, -0.2) is 46.2 Å². The van der Waals surface area contributed by atoms with Crippen molar-refractivity contribution in [3.63, 3.8) is 0 Å². The van der Waals surface area contributed by atoms with Crippen molar-refractivity contribution in [3.05, 3.63) is 53.2 Å². The van der Waals surface area contributed by atoms with E-state index in [0.717, 1.165) is 75.3 Å². The average molecular weight is 422 g/mol. The predicted octanol–water partition coefficient (Wildman–Crippen LogP) is 3.38. The monoisotopic (exact) mass is 421 g/mol. The van der Waals surface area contributed by atoms with Crippen LogP contribution in [0, 0.1) is 11.8 Å². The van der Waals surface area contributed by atoms with Gasteiger partial charge in [-0.15, -0.1) is 0 Å². The molecule has 0 radical (unpaired) electrons. The Morgan fingerprint density at radius 3 is 2.48 bits per heavy atom. The number of amides is 2. The molecule has 2 aliphatic heterocycles. The van der Waals surface area contributed by atoms with Crippen molar-refractivity contribution in [2.24, 2.45) is 11.8 Å². The molecule has 1 aromatic heterocycles. The summed E-state index contributed by atoms with van der Waals surface area (Å²) in [4.78, 5) is 34.4. The van der Waals surface area contributed by atoms with E-state index in [0.29, 0.717) is 19.6 Å². The van der Waals surface area contributed by atoms with Gasteiger partial charge in [-0.2, -0.15) is 0 Å². The molecular formula is C25H31N3O3. The van der Waals surface area contributed by atoms with Crippen molar-refractivity contribution >= 4 is 11.8 Å². The lowest BCUT2D eigenvalue weighted by Crippen LogP contribution is -2.49. The third-order valence-electron chi connectivity index (χ3n) is 7.09. The van der Waals surface area contributed by atoms with E-state index in [2.05, 4.69) is 12.1 Å². The smallest absolute Gasteiger partial charge is 0.227 e. The van der Waals surface area contributed by atoms with Crippen molar-refractivity contribution < 1.29 is 14.0 Å². The zero-order valence-electron chi connectivity index (χ0n) is 18.1. The molecule has 164 valence electrons. The lowest BCUT2D eigenvalue weighted by molar-refractivity contribution is -0.144. The van der Waals surface area contributed by atoms with Crippen LogP contribution in [0.5, 0.6) is 0 Å². The summed E-state index contributed by atoms with van der Waals surface area (Å²) >= 11 is 0. The van der Waals surface area contributed by atoms with Gasteiger partial charge < -0.3 is 14.2 Å². The number of likely N-dealkylation sites (tertiary alicyclic amines) is 1. The van der Waals surface area contributed by atoms with E-state index in [4.69, 9.17) is 9.40 Å². The third kappa shape index (κ3) is 4.39. The lowest BCUT2D eigenvalue weighted by atomic mass is 9.83. The summed E-state index contributed by atoms with van der Waals surface area (Å²) in [5.41, 5.74) is 2.18. The zero-order chi connectivity index (χ0) is 21.2. The van der Waals surface area contributed by atoms with Crippen LogP contribution >= 0.6 is 0 Å². The first-order chi connectivity index (χ1) is 15.2. The number of aromatic nitrogens is 1. The molecule has 2 fully saturated rings. The van der Waals surface area contributed by atoms with Gasteiger partial charge in [0.1, 0.15) is 11.5 Å². The molecule has 1 aromatic carbocycles. The second-order valence-corrected chi connectivity index (χ2v) is 9.22. The maximum atomic E-state index is 13.2. The van der Waals surface area contributed by atoms with Gasteiger partial charge in [0.15, 0.2) is 5.89 Å². The van der Waals surface area contributed by atoms with Gasteiger partial charge in [-0.3, -0.25) is 9.59 Å². The second-order valence-electron chi connectivity index (χ2n) is 9.22. The van der Waals surface area contributed by atoms with E-state index in [-0.39, 0.29) is 23.7 Å². The van der Waals surface area contributed by atoms with Crippen LogP contribution in [0.25, 0.3) is 0 Å². The van der Waals surface area contributed by atoms with Crippen LogP contribution in [0.15, 0.2) is 34.7 Å². The van der Waals surface area contributed by atoms with Gasteiger partial charge in [0, 0.05) is 38.4 Å². The molecule has 6 nitrogen and oxygen atoms in total. The van der Waals surface area contributed by atoms with E-state index >= 15 is 0 Å². The molecule has 2 amide bonds. The maximum Gasteiger partial charge on any atom is 0.227 e. The van der Waals surface area contributed by atoms with Crippen molar-refractivity contribution in [2.75, 3.05) is 19.6 Å². The second kappa shape index (κ2) is 8.85. The quantitative estimate of drug-likeness (QED) is 0.742. The molecule has 6 heteroatoms. The minimum absolute atomic E-state index is 0.0798. The fraction of sp³-hybridized carbons (Fsp3) is 0.560. The largest absolute Gasteiger partial charge is 0.445 e. The Morgan fingerprint density at radius 1 is 0.935 bits per heavy atom. The van der Waals surface area contributed by atoms with Gasteiger partial charge in [0.05, 0.1) is 12.5 Å². The molecule has 3 heterocycles. The first-order valence-corrected chi connectivity index (χ1v) is 11.8. The Balaban J connectivity index is 1.18. The molecular weight excluding hydrogens is 390 g/mol. The predicted molar refractivity (Wildman–Crippen MR) is 116 cm³/mol. The van der Waals surface area contributed by atoms with E-state index in [9.17, 15) is 9.59 Å². The average Bonchev–Trinajstić information content (AvgIpc) is 3.19. The van der Waals surface area contributed by atoms with Crippen molar-refractivity contribution in [1.29, 1.82) is 0 Å². The number of benzene rings is 1. The number of hydrogen-bond acceptors (Lipinski definition) is 4. The summed E-state index contributed by atoms with van der Waals surface area (Å²) in [6.45, 7) is 2.58. The highest BCUT2D eigenvalue weighted by Gasteiger charge is 2.36. The Labute approximate surface area is 183 Å². The fourth-order valence-electron chi connectivity index (χ4n) is 4.99. The first-order valence-electron chi connectivity index (χ1n) is 11.8. The fourth-order valence-corrected chi connectivity index (χ4v) is 4.99. The van der Waals surface area contributed by atoms with Crippen LogP contribution in [0.2, 0.25) is 0 Å².